The largest absolute Gasteiger partial charge is 0.416 e. The minimum absolute atomic E-state index is 0.0225. The van der Waals surface area contributed by atoms with E-state index in [1.54, 1.807) is 6.92 Å². The van der Waals surface area contributed by atoms with Gasteiger partial charge in [0.1, 0.15) is 17.2 Å². The summed E-state index contributed by atoms with van der Waals surface area (Å²) in [5.74, 6) is -1.41. The number of aryl methyl sites for hydroxylation is 1. The molecular weight excluding hydrogens is 453 g/mol. The van der Waals surface area contributed by atoms with Crippen LogP contribution in [0.4, 0.5) is 24.7 Å². The van der Waals surface area contributed by atoms with Crippen LogP contribution >= 0.6 is 11.6 Å². The zero-order chi connectivity index (χ0) is 23.6. The zero-order valence-corrected chi connectivity index (χ0v) is 17.4. The smallest absolute Gasteiger partial charge is 0.382 e. The zero-order valence-electron chi connectivity index (χ0n) is 16.6. The molecule has 1 aromatic carbocycles. The molecule has 3 aromatic rings. The Morgan fingerprint density at radius 1 is 1.19 bits per heavy atom. The molecule has 0 unspecified atom stereocenters. The SMILES string of the molecule is Cc1ccc(NC(=O)c2cc([C@@H](C)NC(=O)c3ncnc(N)c3Cl)on2)cc1C(F)(F)F. The number of nitrogens with zero attached hydrogens (tertiary/aromatic N) is 3. The molecule has 2 heterocycles. The molecule has 1 atom stereocenters. The van der Waals surface area contributed by atoms with E-state index in [-0.39, 0.29) is 39.2 Å². The number of hydrogen-bond acceptors (Lipinski definition) is 7. The molecule has 0 saturated heterocycles. The van der Waals surface area contributed by atoms with Gasteiger partial charge in [0.05, 0.1) is 11.6 Å². The fourth-order valence-electron chi connectivity index (χ4n) is 2.68. The number of carbonyl (C=O) groups excluding carboxylic acids is 2. The van der Waals surface area contributed by atoms with Crippen LogP contribution in [0.3, 0.4) is 0 Å². The molecule has 2 aromatic heterocycles. The molecule has 168 valence electrons. The van der Waals surface area contributed by atoms with Crippen LogP contribution in [0.25, 0.3) is 0 Å². The Morgan fingerprint density at radius 3 is 2.59 bits per heavy atom. The Kier molecular flexibility index (Phi) is 6.35. The van der Waals surface area contributed by atoms with E-state index < -0.39 is 29.6 Å². The molecular formula is C19H16ClF3N6O3. The lowest BCUT2D eigenvalue weighted by Crippen LogP contribution is -2.27. The quantitative estimate of drug-likeness (QED) is 0.518. The van der Waals surface area contributed by atoms with Gasteiger partial charge in [-0.1, -0.05) is 22.8 Å². The average Bonchev–Trinajstić information content (AvgIpc) is 3.21. The normalized spacial score (nSPS) is 12.3. The molecule has 9 nitrogen and oxygen atoms in total. The van der Waals surface area contributed by atoms with Gasteiger partial charge in [0, 0.05) is 11.8 Å². The Bertz CT molecular complexity index is 1180. The number of nitrogens with two attached hydrogens (primary N) is 1. The Labute approximate surface area is 184 Å². The van der Waals surface area contributed by atoms with E-state index in [1.165, 1.54) is 25.1 Å². The number of anilines is 2. The lowest BCUT2D eigenvalue weighted by atomic mass is 10.1. The summed E-state index contributed by atoms with van der Waals surface area (Å²) in [5, 5.41) is 8.37. The number of amides is 2. The molecule has 0 aliphatic rings. The van der Waals surface area contributed by atoms with E-state index in [2.05, 4.69) is 25.8 Å². The number of halogens is 4. The Hall–Kier alpha value is -3.67. The predicted molar refractivity (Wildman–Crippen MR) is 108 cm³/mol. The van der Waals surface area contributed by atoms with Gasteiger partial charge < -0.3 is 20.9 Å². The van der Waals surface area contributed by atoms with Crippen molar-refractivity contribution in [1.29, 1.82) is 0 Å². The van der Waals surface area contributed by atoms with Crippen molar-refractivity contribution in [2.24, 2.45) is 0 Å². The summed E-state index contributed by atoms with van der Waals surface area (Å²) >= 11 is 5.92. The van der Waals surface area contributed by atoms with Gasteiger partial charge in [-0.2, -0.15) is 13.2 Å². The summed E-state index contributed by atoms with van der Waals surface area (Å²) in [4.78, 5) is 32.2. The average molecular weight is 469 g/mol. The fourth-order valence-corrected chi connectivity index (χ4v) is 2.86. The van der Waals surface area contributed by atoms with Crippen molar-refractivity contribution >= 4 is 34.9 Å². The Morgan fingerprint density at radius 2 is 1.91 bits per heavy atom. The molecule has 4 N–H and O–H groups in total. The Balaban J connectivity index is 1.70. The van der Waals surface area contributed by atoms with Crippen molar-refractivity contribution in [2.45, 2.75) is 26.1 Å². The van der Waals surface area contributed by atoms with Crippen molar-refractivity contribution in [3.63, 3.8) is 0 Å². The number of nitrogens with one attached hydrogen (secondary N) is 2. The molecule has 3 rings (SSSR count). The van der Waals surface area contributed by atoms with Crippen LogP contribution in [0, 0.1) is 6.92 Å². The molecule has 2 amide bonds. The van der Waals surface area contributed by atoms with Crippen LogP contribution in [0.1, 0.15) is 50.8 Å². The molecule has 0 spiro atoms. The first-order valence-corrected chi connectivity index (χ1v) is 9.37. The third kappa shape index (κ3) is 4.97. The molecule has 0 bridgehead atoms. The van der Waals surface area contributed by atoms with E-state index in [9.17, 15) is 22.8 Å². The van der Waals surface area contributed by atoms with Gasteiger partial charge >= 0.3 is 6.18 Å². The van der Waals surface area contributed by atoms with Gasteiger partial charge in [-0.25, -0.2) is 9.97 Å². The molecule has 0 radical (unpaired) electrons. The maximum Gasteiger partial charge on any atom is 0.416 e. The van der Waals surface area contributed by atoms with Crippen molar-refractivity contribution in [3.8, 4) is 0 Å². The van der Waals surface area contributed by atoms with Crippen molar-refractivity contribution in [1.82, 2.24) is 20.4 Å². The molecule has 0 aliphatic heterocycles. The number of carbonyl (C=O) groups is 2. The van der Waals surface area contributed by atoms with Crippen LogP contribution in [0.2, 0.25) is 5.02 Å². The van der Waals surface area contributed by atoms with Crippen molar-refractivity contribution < 1.29 is 27.3 Å². The van der Waals surface area contributed by atoms with E-state index in [4.69, 9.17) is 21.9 Å². The summed E-state index contributed by atoms with van der Waals surface area (Å²) < 4.78 is 44.2. The molecule has 0 saturated carbocycles. The molecule has 13 heteroatoms. The van der Waals surface area contributed by atoms with Gasteiger partial charge in [-0.05, 0) is 31.5 Å². The number of hydrogen-bond donors (Lipinski definition) is 3. The fraction of sp³-hybridized carbons (Fsp3) is 0.211. The predicted octanol–water partition coefficient (Wildman–Crippen LogP) is 3.77. The first kappa shape index (κ1) is 23.0. The lowest BCUT2D eigenvalue weighted by molar-refractivity contribution is -0.138. The highest BCUT2D eigenvalue weighted by Crippen LogP contribution is 2.33. The van der Waals surface area contributed by atoms with Crippen molar-refractivity contribution in [2.75, 3.05) is 11.1 Å². The highest BCUT2D eigenvalue weighted by atomic mass is 35.5. The lowest BCUT2D eigenvalue weighted by Gasteiger charge is -2.12. The molecule has 0 aliphatic carbocycles. The summed E-state index contributed by atoms with van der Waals surface area (Å²) in [7, 11) is 0. The monoisotopic (exact) mass is 468 g/mol. The first-order valence-electron chi connectivity index (χ1n) is 9.00. The van der Waals surface area contributed by atoms with Gasteiger partial charge in [-0.3, -0.25) is 9.59 Å². The van der Waals surface area contributed by atoms with E-state index >= 15 is 0 Å². The second kappa shape index (κ2) is 8.83. The number of alkyl halides is 3. The highest BCUT2D eigenvalue weighted by molar-refractivity contribution is 6.35. The highest BCUT2D eigenvalue weighted by Gasteiger charge is 2.32. The maximum atomic E-state index is 13.1. The van der Waals surface area contributed by atoms with Crippen LogP contribution in [0.5, 0.6) is 0 Å². The standard InChI is InChI=1S/C19H16ClF3N6O3/c1-8-3-4-10(5-11(8)19(21,22)23)28-17(30)12-6-13(32-29-12)9(2)27-18(31)15-14(20)16(24)26-7-25-15/h3-7,9H,1-2H3,(H,27,31)(H,28,30)(H2,24,25,26)/t9-/m1/s1. The van der Waals surface area contributed by atoms with Gasteiger partial charge in [0.2, 0.25) is 0 Å². The topological polar surface area (TPSA) is 136 Å². The van der Waals surface area contributed by atoms with Gasteiger partial charge in [0.15, 0.2) is 17.1 Å². The van der Waals surface area contributed by atoms with E-state index in [1.807, 2.05) is 0 Å². The first-order chi connectivity index (χ1) is 15.0. The number of aromatic nitrogens is 3. The van der Waals surface area contributed by atoms with Crippen LogP contribution < -0.4 is 16.4 Å². The summed E-state index contributed by atoms with van der Waals surface area (Å²) in [6, 6.07) is 3.90. The minimum atomic E-state index is -4.56. The second-order valence-corrected chi connectivity index (χ2v) is 7.09. The third-order valence-corrected chi connectivity index (χ3v) is 4.74. The summed E-state index contributed by atoms with van der Waals surface area (Å²) in [6.45, 7) is 2.87. The minimum Gasteiger partial charge on any atom is -0.382 e. The van der Waals surface area contributed by atoms with E-state index in [0.29, 0.717) is 0 Å². The van der Waals surface area contributed by atoms with Crippen LogP contribution in [-0.2, 0) is 6.18 Å². The number of benzene rings is 1. The summed E-state index contributed by atoms with van der Waals surface area (Å²) in [5.41, 5.74) is 4.30. The van der Waals surface area contributed by atoms with Crippen molar-refractivity contribution in [3.05, 3.63) is 63.9 Å². The van der Waals surface area contributed by atoms with Gasteiger partial charge in [-0.15, -0.1) is 0 Å². The third-order valence-electron chi connectivity index (χ3n) is 4.37. The second-order valence-electron chi connectivity index (χ2n) is 6.71. The van der Waals surface area contributed by atoms with E-state index in [0.717, 1.165) is 12.4 Å². The molecule has 0 fully saturated rings. The van der Waals surface area contributed by atoms with Crippen LogP contribution in [-0.4, -0.2) is 26.9 Å². The molecule has 32 heavy (non-hydrogen) atoms. The van der Waals surface area contributed by atoms with Crippen LogP contribution in [0.15, 0.2) is 35.1 Å². The maximum absolute atomic E-state index is 13.1. The number of rotatable bonds is 5. The van der Waals surface area contributed by atoms with Gasteiger partial charge in [0.25, 0.3) is 11.8 Å². The summed E-state index contributed by atoms with van der Waals surface area (Å²) in [6.07, 6.45) is -3.48. The number of nitrogen functional groups attached to an aromatic ring is 1.